The summed E-state index contributed by atoms with van der Waals surface area (Å²) in [7, 11) is -3.77. The molecule has 4 nitrogen and oxygen atoms in total. The molecule has 0 heterocycles. The van der Waals surface area contributed by atoms with E-state index in [0.29, 0.717) is 12.1 Å². The van der Waals surface area contributed by atoms with Crippen molar-refractivity contribution in [2.45, 2.75) is 44.0 Å². The lowest BCUT2D eigenvalue weighted by Crippen LogP contribution is -2.25. The van der Waals surface area contributed by atoms with Crippen LogP contribution in [0.2, 0.25) is 0 Å². The minimum Gasteiger partial charge on any atom is -0.326 e. The van der Waals surface area contributed by atoms with Crippen molar-refractivity contribution in [3.8, 4) is 0 Å². The Morgan fingerprint density at radius 2 is 2.00 bits per heavy atom. The van der Waals surface area contributed by atoms with Crippen molar-refractivity contribution < 1.29 is 12.8 Å². The van der Waals surface area contributed by atoms with Gasteiger partial charge in [0.1, 0.15) is 10.7 Å². The van der Waals surface area contributed by atoms with E-state index in [1.807, 2.05) is 0 Å². The third-order valence-electron chi connectivity index (χ3n) is 2.84. The van der Waals surface area contributed by atoms with Crippen LogP contribution in [0.15, 0.2) is 23.1 Å². The van der Waals surface area contributed by atoms with E-state index in [1.165, 1.54) is 12.1 Å². The van der Waals surface area contributed by atoms with Crippen LogP contribution >= 0.6 is 0 Å². The molecule has 0 saturated heterocycles. The fourth-order valence-electron chi connectivity index (χ4n) is 1.73. The SMILES string of the molecule is CCCCCCNS(=O)(=O)c1ccc(CN)cc1F. The molecule has 6 heteroatoms. The normalized spacial score (nSPS) is 11.7. The van der Waals surface area contributed by atoms with E-state index in [-0.39, 0.29) is 11.4 Å². The Hall–Kier alpha value is -0.980. The molecule has 0 spiro atoms. The summed E-state index contributed by atoms with van der Waals surface area (Å²) < 4.78 is 39.9. The zero-order valence-electron chi connectivity index (χ0n) is 11.2. The van der Waals surface area contributed by atoms with Crippen molar-refractivity contribution in [1.82, 2.24) is 4.72 Å². The van der Waals surface area contributed by atoms with Gasteiger partial charge in [0, 0.05) is 13.1 Å². The summed E-state index contributed by atoms with van der Waals surface area (Å²) in [6.07, 6.45) is 3.88. The average Bonchev–Trinajstić information content (AvgIpc) is 2.37. The lowest BCUT2D eigenvalue weighted by atomic mass is 10.2. The van der Waals surface area contributed by atoms with Crippen LogP contribution in [0.4, 0.5) is 4.39 Å². The van der Waals surface area contributed by atoms with Crippen molar-refractivity contribution in [1.29, 1.82) is 0 Å². The molecule has 0 radical (unpaired) electrons. The van der Waals surface area contributed by atoms with Crippen molar-refractivity contribution in [2.24, 2.45) is 5.73 Å². The second-order valence-electron chi connectivity index (χ2n) is 4.43. The molecule has 1 rings (SSSR count). The molecule has 1 aromatic carbocycles. The molecule has 0 amide bonds. The molecule has 3 N–H and O–H groups in total. The average molecular weight is 288 g/mol. The number of halogens is 1. The molecule has 0 aliphatic carbocycles. The first-order valence-corrected chi connectivity index (χ1v) is 7.97. The van der Waals surface area contributed by atoms with Crippen LogP contribution in [-0.4, -0.2) is 15.0 Å². The molecule has 19 heavy (non-hydrogen) atoms. The fourth-order valence-corrected chi connectivity index (χ4v) is 2.86. The van der Waals surface area contributed by atoms with Crippen molar-refractivity contribution in [2.75, 3.05) is 6.54 Å². The number of rotatable bonds is 8. The number of hydrogen-bond acceptors (Lipinski definition) is 3. The highest BCUT2D eigenvalue weighted by atomic mass is 32.2. The molecular formula is C13H21FN2O2S. The maximum absolute atomic E-state index is 13.7. The number of benzene rings is 1. The van der Waals surface area contributed by atoms with Crippen molar-refractivity contribution in [3.05, 3.63) is 29.6 Å². The van der Waals surface area contributed by atoms with E-state index in [4.69, 9.17) is 5.73 Å². The van der Waals surface area contributed by atoms with Gasteiger partial charge >= 0.3 is 0 Å². The zero-order valence-corrected chi connectivity index (χ0v) is 12.0. The predicted octanol–water partition coefficient (Wildman–Crippen LogP) is 2.14. The van der Waals surface area contributed by atoms with Gasteiger partial charge in [-0.05, 0) is 24.1 Å². The third-order valence-corrected chi connectivity index (χ3v) is 4.34. The summed E-state index contributed by atoms with van der Waals surface area (Å²) in [6, 6.07) is 3.94. The summed E-state index contributed by atoms with van der Waals surface area (Å²) in [5, 5.41) is 0. The van der Waals surface area contributed by atoms with E-state index in [2.05, 4.69) is 11.6 Å². The number of nitrogens with one attached hydrogen (secondary N) is 1. The molecule has 0 unspecified atom stereocenters. The minimum absolute atomic E-state index is 0.182. The highest BCUT2D eigenvalue weighted by molar-refractivity contribution is 7.89. The summed E-state index contributed by atoms with van der Waals surface area (Å²) in [5.74, 6) is -0.760. The van der Waals surface area contributed by atoms with Gasteiger partial charge in [-0.15, -0.1) is 0 Å². The third kappa shape index (κ3) is 4.89. The van der Waals surface area contributed by atoms with Gasteiger partial charge < -0.3 is 5.73 Å². The number of sulfonamides is 1. The van der Waals surface area contributed by atoms with Crippen LogP contribution in [0.3, 0.4) is 0 Å². The Balaban J connectivity index is 2.67. The fraction of sp³-hybridized carbons (Fsp3) is 0.538. The number of nitrogens with two attached hydrogens (primary N) is 1. The van der Waals surface area contributed by atoms with Crippen LogP contribution in [0.1, 0.15) is 38.2 Å². The topological polar surface area (TPSA) is 72.2 Å². The highest BCUT2D eigenvalue weighted by Crippen LogP contribution is 2.15. The molecule has 0 atom stereocenters. The molecule has 108 valence electrons. The second kappa shape index (κ2) is 7.57. The number of hydrogen-bond donors (Lipinski definition) is 2. The van der Waals surface area contributed by atoms with Crippen molar-refractivity contribution in [3.63, 3.8) is 0 Å². The molecule has 0 saturated carbocycles. The van der Waals surface area contributed by atoms with Gasteiger partial charge in [0.15, 0.2) is 0 Å². The summed E-state index contributed by atoms with van der Waals surface area (Å²) in [6.45, 7) is 2.60. The van der Waals surface area contributed by atoms with Gasteiger partial charge in [-0.25, -0.2) is 17.5 Å². The van der Waals surface area contributed by atoms with Crippen molar-refractivity contribution >= 4 is 10.0 Å². The van der Waals surface area contributed by atoms with Crippen LogP contribution in [-0.2, 0) is 16.6 Å². The molecule has 0 aromatic heterocycles. The summed E-state index contributed by atoms with van der Waals surface area (Å²) in [4.78, 5) is -0.319. The maximum Gasteiger partial charge on any atom is 0.243 e. The summed E-state index contributed by atoms with van der Waals surface area (Å²) >= 11 is 0. The minimum atomic E-state index is -3.77. The van der Waals surface area contributed by atoms with E-state index in [9.17, 15) is 12.8 Å². The lowest BCUT2D eigenvalue weighted by molar-refractivity contribution is 0.552. The Morgan fingerprint density at radius 3 is 2.58 bits per heavy atom. The first-order chi connectivity index (χ1) is 9.01. The smallest absolute Gasteiger partial charge is 0.243 e. The Labute approximate surface area is 114 Å². The van der Waals surface area contributed by atoms with E-state index in [1.54, 1.807) is 0 Å². The molecular weight excluding hydrogens is 267 g/mol. The first kappa shape index (κ1) is 16.1. The molecule has 0 fully saturated rings. The second-order valence-corrected chi connectivity index (χ2v) is 6.16. The van der Waals surface area contributed by atoms with Gasteiger partial charge in [-0.1, -0.05) is 32.3 Å². The quantitative estimate of drug-likeness (QED) is 0.720. The van der Waals surface area contributed by atoms with Crippen LogP contribution in [0.5, 0.6) is 0 Å². The highest BCUT2D eigenvalue weighted by Gasteiger charge is 2.18. The van der Waals surface area contributed by atoms with Crippen LogP contribution in [0.25, 0.3) is 0 Å². The number of unbranched alkanes of at least 4 members (excludes halogenated alkanes) is 3. The van der Waals surface area contributed by atoms with E-state index < -0.39 is 15.8 Å². The largest absolute Gasteiger partial charge is 0.326 e. The first-order valence-electron chi connectivity index (χ1n) is 6.49. The molecule has 0 aliphatic rings. The van der Waals surface area contributed by atoms with Crippen LogP contribution in [0, 0.1) is 5.82 Å². The van der Waals surface area contributed by atoms with Gasteiger partial charge in [0.2, 0.25) is 10.0 Å². The van der Waals surface area contributed by atoms with E-state index >= 15 is 0 Å². The van der Waals surface area contributed by atoms with Crippen LogP contribution < -0.4 is 10.5 Å². The molecule has 0 bridgehead atoms. The lowest BCUT2D eigenvalue weighted by Gasteiger charge is -2.08. The van der Waals surface area contributed by atoms with Gasteiger partial charge in [-0.2, -0.15) is 0 Å². The maximum atomic E-state index is 13.7. The Bertz CT molecular complexity index is 503. The van der Waals surface area contributed by atoms with E-state index in [0.717, 1.165) is 31.7 Å². The zero-order chi connectivity index (χ0) is 14.3. The predicted molar refractivity (Wildman–Crippen MR) is 73.6 cm³/mol. The monoisotopic (exact) mass is 288 g/mol. The standard InChI is InChI=1S/C13H21FN2O2S/c1-2-3-4-5-8-16-19(17,18)13-7-6-11(10-15)9-12(13)14/h6-7,9,16H,2-5,8,10,15H2,1H3. The Kier molecular flexibility index (Phi) is 6.41. The summed E-state index contributed by atoms with van der Waals surface area (Å²) in [5.41, 5.74) is 5.94. The molecule has 1 aromatic rings. The van der Waals surface area contributed by atoms with Gasteiger partial charge in [0.05, 0.1) is 0 Å². The van der Waals surface area contributed by atoms with Gasteiger partial charge in [0.25, 0.3) is 0 Å². The van der Waals surface area contributed by atoms with Gasteiger partial charge in [-0.3, -0.25) is 0 Å². The molecule has 0 aliphatic heterocycles. The Morgan fingerprint density at radius 1 is 1.26 bits per heavy atom.